The molecule has 0 N–H and O–H groups in total. The summed E-state index contributed by atoms with van der Waals surface area (Å²) in [5, 5.41) is 0. The smallest absolute Gasteiger partial charge is 0.338 e. The molecule has 3 rings (SSSR count). The van der Waals surface area contributed by atoms with Crippen molar-refractivity contribution in [3.8, 4) is 5.75 Å². The van der Waals surface area contributed by atoms with Crippen molar-refractivity contribution in [2.45, 2.75) is 33.8 Å². The lowest BCUT2D eigenvalue weighted by atomic mass is 10.1. The summed E-state index contributed by atoms with van der Waals surface area (Å²) in [5.74, 6) is -0.213. The van der Waals surface area contributed by atoms with Crippen molar-refractivity contribution in [2.75, 3.05) is 4.90 Å². The molecule has 0 spiro atoms. The highest BCUT2D eigenvalue weighted by Gasteiger charge is 2.14. The fourth-order valence-corrected chi connectivity index (χ4v) is 3.08. The summed E-state index contributed by atoms with van der Waals surface area (Å²) >= 11 is 0. The third-order valence-electron chi connectivity index (χ3n) is 4.80. The van der Waals surface area contributed by atoms with Gasteiger partial charge in [-0.1, -0.05) is 37.8 Å². The Kier molecular flexibility index (Phi) is 7.45. The van der Waals surface area contributed by atoms with Crippen LogP contribution in [0.5, 0.6) is 5.75 Å². The van der Waals surface area contributed by atoms with Crippen LogP contribution in [0.25, 0.3) is 0 Å². The molecule has 0 saturated carbocycles. The number of carbonyl (C=O) groups is 2. The van der Waals surface area contributed by atoms with Gasteiger partial charge in [-0.15, -0.1) is 0 Å². The Hall–Kier alpha value is -3.86. The third-order valence-corrected chi connectivity index (χ3v) is 4.80. The Bertz CT molecular complexity index is 1100. The van der Waals surface area contributed by atoms with E-state index < -0.39 is 5.97 Å². The standard InChI is InChI=1S/C27H27NO4/c1-5-26(29)31-18-21-9-11-22(12-10-21)28(24-8-6-7-20(4)17-24)23-13-15-25(16-14-23)32-27(30)19(2)3/h6-17H,2,5,18H2,1,3-4H3. The van der Waals surface area contributed by atoms with Crippen LogP contribution in [0.1, 0.15) is 31.4 Å². The van der Waals surface area contributed by atoms with E-state index in [-0.39, 0.29) is 12.6 Å². The third kappa shape index (κ3) is 5.85. The van der Waals surface area contributed by atoms with Gasteiger partial charge in [0.1, 0.15) is 12.4 Å². The zero-order chi connectivity index (χ0) is 23.1. The lowest BCUT2D eigenvalue weighted by Crippen LogP contribution is -2.11. The van der Waals surface area contributed by atoms with Crippen LogP contribution in [-0.4, -0.2) is 11.9 Å². The van der Waals surface area contributed by atoms with Gasteiger partial charge in [0.25, 0.3) is 0 Å². The van der Waals surface area contributed by atoms with E-state index in [0.29, 0.717) is 17.7 Å². The van der Waals surface area contributed by atoms with Crippen LogP contribution in [0.3, 0.4) is 0 Å². The van der Waals surface area contributed by atoms with Gasteiger partial charge in [0.15, 0.2) is 0 Å². The quantitative estimate of drug-likeness (QED) is 0.236. The molecular weight excluding hydrogens is 402 g/mol. The number of hydrogen-bond acceptors (Lipinski definition) is 5. The maximum Gasteiger partial charge on any atom is 0.338 e. The van der Waals surface area contributed by atoms with Gasteiger partial charge >= 0.3 is 11.9 Å². The second-order valence-electron chi connectivity index (χ2n) is 7.52. The van der Waals surface area contributed by atoms with E-state index in [4.69, 9.17) is 9.47 Å². The lowest BCUT2D eigenvalue weighted by Gasteiger charge is -2.26. The molecule has 32 heavy (non-hydrogen) atoms. The van der Waals surface area contributed by atoms with Crippen LogP contribution in [-0.2, 0) is 20.9 Å². The molecule has 0 amide bonds. The minimum absolute atomic E-state index is 0.220. The molecular formula is C27H27NO4. The van der Waals surface area contributed by atoms with E-state index in [1.807, 2.05) is 61.5 Å². The van der Waals surface area contributed by atoms with Gasteiger partial charge in [-0.2, -0.15) is 0 Å². The minimum atomic E-state index is -0.451. The average molecular weight is 430 g/mol. The minimum Gasteiger partial charge on any atom is -0.461 e. The van der Waals surface area contributed by atoms with Crippen molar-refractivity contribution in [3.63, 3.8) is 0 Å². The van der Waals surface area contributed by atoms with E-state index >= 15 is 0 Å². The van der Waals surface area contributed by atoms with Crippen LogP contribution < -0.4 is 9.64 Å². The normalized spacial score (nSPS) is 10.3. The molecule has 3 aromatic rings. The van der Waals surface area contributed by atoms with Crippen molar-refractivity contribution in [1.29, 1.82) is 0 Å². The number of esters is 2. The van der Waals surface area contributed by atoms with Crippen LogP contribution in [0.15, 0.2) is 84.9 Å². The number of anilines is 3. The number of benzene rings is 3. The topological polar surface area (TPSA) is 55.8 Å². The highest BCUT2D eigenvalue weighted by atomic mass is 16.5. The summed E-state index contributed by atoms with van der Waals surface area (Å²) in [6.45, 7) is 9.30. The zero-order valence-electron chi connectivity index (χ0n) is 18.6. The molecule has 0 saturated heterocycles. The number of hydrogen-bond donors (Lipinski definition) is 0. The first-order valence-electron chi connectivity index (χ1n) is 10.5. The first-order valence-corrected chi connectivity index (χ1v) is 10.5. The van der Waals surface area contributed by atoms with Crippen molar-refractivity contribution in [3.05, 3.63) is 96.1 Å². The largest absolute Gasteiger partial charge is 0.461 e. The number of ether oxygens (including phenoxy) is 2. The van der Waals surface area contributed by atoms with E-state index in [0.717, 1.165) is 28.2 Å². The molecule has 0 heterocycles. The van der Waals surface area contributed by atoms with Gasteiger partial charge in [-0.05, 0) is 73.5 Å². The fourth-order valence-electron chi connectivity index (χ4n) is 3.08. The SMILES string of the molecule is C=C(C)C(=O)Oc1ccc(N(c2ccc(COC(=O)CC)cc2)c2cccc(C)c2)cc1. The molecule has 0 aliphatic heterocycles. The number of nitrogens with zero attached hydrogens (tertiary/aromatic N) is 1. The second kappa shape index (κ2) is 10.4. The van der Waals surface area contributed by atoms with Gasteiger partial charge in [-0.3, -0.25) is 4.79 Å². The molecule has 5 heteroatoms. The monoisotopic (exact) mass is 429 g/mol. The van der Waals surface area contributed by atoms with E-state index in [1.165, 1.54) is 0 Å². The van der Waals surface area contributed by atoms with Crippen molar-refractivity contribution >= 4 is 29.0 Å². The summed E-state index contributed by atoms with van der Waals surface area (Å²) in [7, 11) is 0. The van der Waals surface area contributed by atoms with Gasteiger partial charge in [-0.25, -0.2) is 4.79 Å². The molecule has 0 aliphatic rings. The van der Waals surface area contributed by atoms with E-state index in [9.17, 15) is 9.59 Å². The van der Waals surface area contributed by atoms with Crippen LogP contribution >= 0.6 is 0 Å². The number of rotatable bonds is 8. The Balaban J connectivity index is 1.90. The van der Waals surface area contributed by atoms with Crippen molar-refractivity contribution in [1.82, 2.24) is 0 Å². The molecule has 0 bridgehead atoms. The van der Waals surface area contributed by atoms with E-state index in [2.05, 4.69) is 17.5 Å². The average Bonchev–Trinajstić information content (AvgIpc) is 2.79. The number of carbonyl (C=O) groups excluding carboxylic acids is 2. The number of aryl methyl sites for hydroxylation is 1. The molecule has 0 aliphatic carbocycles. The zero-order valence-corrected chi connectivity index (χ0v) is 18.6. The van der Waals surface area contributed by atoms with Crippen LogP contribution in [0.2, 0.25) is 0 Å². The molecule has 3 aromatic carbocycles. The second-order valence-corrected chi connectivity index (χ2v) is 7.52. The summed E-state index contributed by atoms with van der Waals surface area (Å²) in [5.41, 5.74) is 5.27. The highest BCUT2D eigenvalue weighted by molar-refractivity contribution is 5.89. The summed E-state index contributed by atoms with van der Waals surface area (Å²) in [6.07, 6.45) is 0.358. The molecule has 0 aromatic heterocycles. The van der Waals surface area contributed by atoms with Gasteiger partial charge in [0.2, 0.25) is 0 Å². The summed E-state index contributed by atoms with van der Waals surface area (Å²) in [4.78, 5) is 25.3. The molecule has 0 radical (unpaired) electrons. The Morgan fingerprint density at radius 3 is 2.09 bits per heavy atom. The van der Waals surface area contributed by atoms with Crippen LogP contribution in [0.4, 0.5) is 17.1 Å². The first-order chi connectivity index (χ1) is 15.4. The molecule has 164 valence electrons. The van der Waals surface area contributed by atoms with Crippen molar-refractivity contribution in [2.24, 2.45) is 0 Å². The Morgan fingerprint density at radius 1 is 0.906 bits per heavy atom. The maximum atomic E-state index is 11.8. The maximum absolute atomic E-state index is 11.8. The summed E-state index contributed by atoms with van der Waals surface area (Å²) < 4.78 is 10.5. The van der Waals surface area contributed by atoms with Crippen molar-refractivity contribution < 1.29 is 19.1 Å². The lowest BCUT2D eigenvalue weighted by molar-refractivity contribution is -0.144. The van der Waals surface area contributed by atoms with Gasteiger partial charge in [0, 0.05) is 29.1 Å². The van der Waals surface area contributed by atoms with E-state index in [1.54, 1.807) is 26.0 Å². The summed E-state index contributed by atoms with van der Waals surface area (Å²) in [6, 6.07) is 23.4. The fraction of sp³-hybridized carbons (Fsp3) is 0.185. The Morgan fingerprint density at radius 2 is 1.53 bits per heavy atom. The molecule has 0 atom stereocenters. The predicted octanol–water partition coefficient (Wildman–Crippen LogP) is 6.40. The van der Waals surface area contributed by atoms with Gasteiger partial charge < -0.3 is 14.4 Å². The predicted molar refractivity (Wildman–Crippen MR) is 126 cm³/mol. The Labute approximate surface area is 188 Å². The molecule has 0 unspecified atom stereocenters. The molecule has 0 fully saturated rings. The first kappa shape index (κ1) is 22.8. The van der Waals surface area contributed by atoms with Gasteiger partial charge in [0.05, 0.1) is 0 Å². The highest BCUT2D eigenvalue weighted by Crippen LogP contribution is 2.35. The molecule has 5 nitrogen and oxygen atoms in total. The van der Waals surface area contributed by atoms with Crippen LogP contribution in [0, 0.1) is 6.92 Å².